The fraction of sp³-hybridized carbons (Fsp3) is 0.409. The standard InChI is InChI=1S/C22H25ClN2O6/c23-17-8-6-14(7-9-17)21(31-22(28)24-18-4-2-1-3-5-18)19-10-15(12-26)16(13-27)11-20(19)25(29)30/h6-11,18,21,26-27H,1-5,12-13H2,(H,24,28). The fourth-order valence-corrected chi connectivity index (χ4v) is 3.99. The Balaban J connectivity index is 2.00. The molecule has 1 aliphatic rings. The summed E-state index contributed by atoms with van der Waals surface area (Å²) in [4.78, 5) is 23.8. The normalized spacial score (nSPS) is 15.3. The lowest BCUT2D eigenvalue weighted by atomic mass is 9.95. The second kappa shape index (κ2) is 10.6. The third-order valence-corrected chi connectivity index (χ3v) is 5.75. The number of rotatable bonds is 7. The smallest absolute Gasteiger partial charge is 0.408 e. The van der Waals surface area contributed by atoms with E-state index in [9.17, 15) is 25.1 Å². The van der Waals surface area contributed by atoms with E-state index in [1.807, 2.05) is 0 Å². The minimum atomic E-state index is -1.10. The van der Waals surface area contributed by atoms with Crippen molar-refractivity contribution in [3.8, 4) is 0 Å². The number of amides is 1. The lowest BCUT2D eigenvalue weighted by molar-refractivity contribution is -0.386. The zero-order valence-corrected chi connectivity index (χ0v) is 17.7. The van der Waals surface area contributed by atoms with Crippen molar-refractivity contribution in [1.29, 1.82) is 0 Å². The predicted molar refractivity (Wildman–Crippen MR) is 115 cm³/mol. The number of nitro benzene ring substituents is 1. The Hall–Kier alpha value is -2.68. The van der Waals surface area contributed by atoms with E-state index in [4.69, 9.17) is 16.3 Å². The van der Waals surface area contributed by atoms with E-state index in [1.54, 1.807) is 24.3 Å². The average Bonchev–Trinajstić information content (AvgIpc) is 2.78. The molecule has 166 valence electrons. The van der Waals surface area contributed by atoms with E-state index in [0.29, 0.717) is 16.1 Å². The Bertz CT molecular complexity index is 928. The van der Waals surface area contributed by atoms with Crippen LogP contribution in [0, 0.1) is 10.1 Å². The third kappa shape index (κ3) is 5.72. The number of carbonyl (C=O) groups excluding carboxylic acids is 1. The van der Waals surface area contributed by atoms with E-state index >= 15 is 0 Å². The van der Waals surface area contributed by atoms with Gasteiger partial charge in [0.1, 0.15) is 0 Å². The molecule has 2 aromatic carbocycles. The summed E-state index contributed by atoms with van der Waals surface area (Å²) in [6.45, 7) is -0.895. The van der Waals surface area contributed by atoms with E-state index < -0.39 is 30.3 Å². The summed E-state index contributed by atoms with van der Waals surface area (Å²) in [6, 6.07) is 9.07. The lowest BCUT2D eigenvalue weighted by Crippen LogP contribution is -2.37. The molecule has 2 aromatic rings. The van der Waals surface area contributed by atoms with Gasteiger partial charge in [-0.05, 0) is 47.7 Å². The number of benzene rings is 2. The lowest BCUT2D eigenvalue weighted by Gasteiger charge is -2.25. The van der Waals surface area contributed by atoms with Gasteiger partial charge < -0.3 is 20.3 Å². The maximum Gasteiger partial charge on any atom is 0.408 e. The number of halogens is 1. The van der Waals surface area contributed by atoms with Crippen LogP contribution < -0.4 is 5.32 Å². The minimum Gasteiger partial charge on any atom is -0.436 e. The molecule has 1 fully saturated rings. The molecule has 3 rings (SSSR count). The zero-order chi connectivity index (χ0) is 22.4. The molecule has 0 heterocycles. The van der Waals surface area contributed by atoms with Gasteiger partial charge in [-0.1, -0.05) is 43.0 Å². The summed E-state index contributed by atoms with van der Waals surface area (Å²) in [5.41, 5.74) is 0.837. The van der Waals surface area contributed by atoms with E-state index in [0.717, 1.165) is 32.1 Å². The van der Waals surface area contributed by atoms with Crippen molar-refractivity contribution < 1.29 is 24.7 Å². The first-order chi connectivity index (χ1) is 14.9. The monoisotopic (exact) mass is 448 g/mol. The van der Waals surface area contributed by atoms with Crippen LogP contribution in [0.25, 0.3) is 0 Å². The Kier molecular flexibility index (Phi) is 7.84. The highest BCUT2D eigenvalue weighted by atomic mass is 35.5. The van der Waals surface area contributed by atoms with Crippen LogP contribution in [0.3, 0.4) is 0 Å². The largest absolute Gasteiger partial charge is 0.436 e. The van der Waals surface area contributed by atoms with Crippen LogP contribution in [0.4, 0.5) is 10.5 Å². The molecule has 31 heavy (non-hydrogen) atoms. The Labute approximate surface area is 185 Å². The van der Waals surface area contributed by atoms with E-state index in [2.05, 4.69) is 5.32 Å². The van der Waals surface area contributed by atoms with Crippen LogP contribution in [-0.2, 0) is 18.0 Å². The Morgan fingerprint density at radius 2 is 1.74 bits per heavy atom. The van der Waals surface area contributed by atoms with Crippen LogP contribution >= 0.6 is 11.6 Å². The second-order valence-corrected chi connectivity index (χ2v) is 8.01. The third-order valence-electron chi connectivity index (χ3n) is 5.49. The summed E-state index contributed by atoms with van der Waals surface area (Å²) in [6.07, 6.45) is 3.14. The highest BCUT2D eigenvalue weighted by Crippen LogP contribution is 2.36. The van der Waals surface area contributed by atoms with E-state index in [-0.39, 0.29) is 22.9 Å². The van der Waals surface area contributed by atoms with Crippen molar-refractivity contribution in [2.24, 2.45) is 0 Å². The summed E-state index contributed by atoms with van der Waals surface area (Å²) in [5, 5.41) is 34.3. The molecule has 0 aromatic heterocycles. The van der Waals surface area contributed by atoms with Crippen molar-refractivity contribution in [3.05, 3.63) is 73.8 Å². The van der Waals surface area contributed by atoms with Crippen LogP contribution in [0.5, 0.6) is 0 Å². The molecule has 1 atom stereocenters. The number of hydrogen-bond donors (Lipinski definition) is 3. The fourth-order valence-electron chi connectivity index (χ4n) is 3.86. The molecule has 0 bridgehead atoms. The number of hydrogen-bond acceptors (Lipinski definition) is 6. The molecular formula is C22H25ClN2O6. The van der Waals surface area contributed by atoms with Crippen LogP contribution in [0.2, 0.25) is 5.02 Å². The number of carbonyl (C=O) groups is 1. The molecule has 0 radical (unpaired) electrons. The zero-order valence-electron chi connectivity index (χ0n) is 16.9. The van der Waals surface area contributed by atoms with E-state index in [1.165, 1.54) is 12.1 Å². The number of nitrogens with zero attached hydrogens (tertiary/aromatic N) is 1. The summed E-state index contributed by atoms with van der Waals surface area (Å²) < 4.78 is 5.69. The van der Waals surface area contributed by atoms with Crippen LogP contribution in [0.1, 0.15) is 60.5 Å². The second-order valence-electron chi connectivity index (χ2n) is 7.57. The summed E-state index contributed by atoms with van der Waals surface area (Å²) in [7, 11) is 0. The molecular weight excluding hydrogens is 424 g/mol. The van der Waals surface area contributed by atoms with Gasteiger partial charge in [0.05, 0.1) is 23.7 Å². The average molecular weight is 449 g/mol. The molecule has 8 nitrogen and oxygen atoms in total. The van der Waals surface area contributed by atoms with Crippen molar-refractivity contribution >= 4 is 23.4 Å². The maximum absolute atomic E-state index is 12.7. The minimum absolute atomic E-state index is 0.00636. The highest BCUT2D eigenvalue weighted by Gasteiger charge is 2.30. The quantitative estimate of drug-likeness (QED) is 0.426. The molecule has 0 spiro atoms. The summed E-state index contributed by atoms with van der Waals surface area (Å²) >= 11 is 5.98. The molecule has 1 saturated carbocycles. The Morgan fingerprint density at radius 3 is 2.32 bits per heavy atom. The summed E-state index contributed by atoms with van der Waals surface area (Å²) in [5.74, 6) is 0. The van der Waals surface area contributed by atoms with Gasteiger partial charge in [0.2, 0.25) is 0 Å². The molecule has 1 amide bonds. The first kappa shape index (κ1) is 23.0. The topological polar surface area (TPSA) is 122 Å². The van der Waals surface area contributed by atoms with Crippen LogP contribution in [-0.4, -0.2) is 27.3 Å². The number of nitro groups is 1. The highest BCUT2D eigenvalue weighted by molar-refractivity contribution is 6.30. The van der Waals surface area contributed by atoms with Gasteiger partial charge in [-0.2, -0.15) is 0 Å². The first-order valence-corrected chi connectivity index (χ1v) is 10.5. The maximum atomic E-state index is 12.7. The molecule has 0 saturated heterocycles. The number of alkyl carbamates (subject to hydrolysis) is 1. The number of ether oxygens (including phenoxy) is 1. The van der Waals surface area contributed by atoms with Crippen molar-refractivity contribution in [2.75, 3.05) is 0 Å². The van der Waals surface area contributed by atoms with Crippen molar-refractivity contribution in [1.82, 2.24) is 5.32 Å². The molecule has 1 aliphatic carbocycles. The Morgan fingerprint density at radius 1 is 1.13 bits per heavy atom. The molecule has 3 N–H and O–H groups in total. The van der Waals surface area contributed by atoms with Crippen LogP contribution in [0.15, 0.2) is 36.4 Å². The number of aliphatic hydroxyl groups excluding tert-OH is 2. The van der Waals surface area contributed by atoms with Gasteiger partial charge in [0.15, 0.2) is 6.10 Å². The van der Waals surface area contributed by atoms with Gasteiger partial charge in [0.25, 0.3) is 5.69 Å². The van der Waals surface area contributed by atoms with Crippen molar-refractivity contribution in [3.63, 3.8) is 0 Å². The SMILES string of the molecule is O=C(NC1CCCCC1)OC(c1ccc(Cl)cc1)c1cc(CO)c(CO)cc1[N+](=O)[O-]. The molecule has 0 aliphatic heterocycles. The molecule has 9 heteroatoms. The predicted octanol–water partition coefficient (Wildman–Crippen LogP) is 4.38. The van der Waals surface area contributed by atoms with Gasteiger partial charge in [0, 0.05) is 17.1 Å². The number of nitrogens with one attached hydrogen (secondary N) is 1. The van der Waals surface area contributed by atoms with Gasteiger partial charge >= 0.3 is 6.09 Å². The van der Waals surface area contributed by atoms with Gasteiger partial charge in [-0.15, -0.1) is 0 Å². The molecule has 1 unspecified atom stereocenters. The van der Waals surface area contributed by atoms with Crippen molar-refractivity contribution in [2.45, 2.75) is 57.5 Å². The van der Waals surface area contributed by atoms with Gasteiger partial charge in [-0.3, -0.25) is 10.1 Å². The van der Waals surface area contributed by atoms with Gasteiger partial charge in [-0.25, -0.2) is 4.79 Å². The number of aliphatic hydroxyl groups is 2. The first-order valence-electron chi connectivity index (χ1n) is 10.2.